The number of nitrogens with one attached hydrogen (secondary N) is 3. The van der Waals surface area contributed by atoms with Crippen molar-refractivity contribution < 1.29 is 33.8 Å². The molecule has 0 bridgehead atoms. The first-order valence-corrected chi connectivity index (χ1v) is 15.0. The van der Waals surface area contributed by atoms with E-state index in [1.165, 1.54) is 21.3 Å². The third-order valence-corrected chi connectivity index (χ3v) is 7.30. The number of carbonyl (C=O) groups is 2. The Labute approximate surface area is 265 Å². The van der Waals surface area contributed by atoms with E-state index in [1.54, 1.807) is 18.3 Å². The summed E-state index contributed by atoms with van der Waals surface area (Å²) in [6.07, 6.45) is 2.28. The minimum atomic E-state index is -1.74. The number of benzene rings is 2. The van der Waals surface area contributed by atoms with E-state index in [0.717, 1.165) is 16.8 Å². The maximum absolute atomic E-state index is 14.0. The maximum atomic E-state index is 14.0. The summed E-state index contributed by atoms with van der Waals surface area (Å²) < 4.78 is 16.5. The molecule has 0 aliphatic carbocycles. The first-order chi connectivity index (χ1) is 21.5. The van der Waals surface area contributed by atoms with Crippen LogP contribution in [0.25, 0.3) is 11.3 Å². The summed E-state index contributed by atoms with van der Waals surface area (Å²) >= 11 is 0. The summed E-state index contributed by atoms with van der Waals surface area (Å²) in [7, 11) is 2.83. The van der Waals surface area contributed by atoms with Gasteiger partial charge in [-0.3, -0.25) is 14.6 Å². The lowest BCUT2D eigenvalue weighted by molar-refractivity contribution is -0.130. The van der Waals surface area contributed by atoms with Crippen LogP contribution in [0.2, 0.25) is 0 Å². The van der Waals surface area contributed by atoms with Crippen molar-refractivity contribution in [3.8, 4) is 28.5 Å². The monoisotopic (exact) mass is 620 g/mol. The lowest BCUT2D eigenvalue weighted by Gasteiger charge is -2.28. The second kappa shape index (κ2) is 16.7. The Hall–Kier alpha value is -4.29. The van der Waals surface area contributed by atoms with Crippen molar-refractivity contribution in [1.82, 2.24) is 15.6 Å². The second-order valence-corrected chi connectivity index (χ2v) is 11.6. The van der Waals surface area contributed by atoms with E-state index in [9.17, 15) is 19.6 Å². The van der Waals surface area contributed by atoms with Crippen LogP contribution in [0.3, 0.4) is 0 Å². The van der Waals surface area contributed by atoms with Crippen molar-refractivity contribution in [2.75, 3.05) is 26.6 Å². The van der Waals surface area contributed by atoms with Gasteiger partial charge in [-0.25, -0.2) is 0 Å². The summed E-state index contributed by atoms with van der Waals surface area (Å²) in [4.78, 5) is 31.8. The van der Waals surface area contributed by atoms with Gasteiger partial charge < -0.3 is 40.2 Å². The first kappa shape index (κ1) is 35.2. The number of hydrogen-bond acceptors (Lipinski definition) is 9. The minimum Gasteiger partial charge on any atom is -0.493 e. The number of carbonyl (C=O) groups excluding carboxylic acids is 2. The Kier molecular flexibility index (Phi) is 13.1. The zero-order valence-electron chi connectivity index (χ0n) is 27.0. The molecular weight excluding hydrogens is 575 g/mol. The van der Waals surface area contributed by atoms with Gasteiger partial charge in [0.25, 0.3) is 0 Å². The first-order valence-electron chi connectivity index (χ1n) is 15.0. The molecule has 11 nitrogen and oxygen atoms in total. The number of anilines is 1. The van der Waals surface area contributed by atoms with Gasteiger partial charge in [0.05, 0.1) is 33.0 Å². The van der Waals surface area contributed by atoms with E-state index in [1.807, 2.05) is 70.2 Å². The number of rotatable bonds is 16. The van der Waals surface area contributed by atoms with Crippen LogP contribution in [0, 0.1) is 11.8 Å². The number of ether oxygens (including phenoxy) is 3. The molecule has 0 radical (unpaired) electrons. The van der Waals surface area contributed by atoms with Crippen LogP contribution >= 0.6 is 0 Å². The molecule has 12 heteroatoms. The van der Waals surface area contributed by atoms with Crippen molar-refractivity contribution in [2.24, 2.45) is 11.8 Å². The molecule has 0 unspecified atom stereocenters. The number of amides is 2. The third-order valence-electron chi connectivity index (χ3n) is 7.30. The van der Waals surface area contributed by atoms with Crippen LogP contribution in [-0.4, -0.2) is 73.3 Å². The average molecular weight is 621 g/mol. The number of aromatic nitrogens is 1. The van der Waals surface area contributed by atoms with Gasteiger partial charge in [-0.05, 0) is 60.2 Å². The largest absolute Gasteiger partial charge is 0.493 e. The fraction of sp³-hybridized carbons (Fsp3) is 0.424. The quantitative estimate of drug-likeness (QED) is 0.152. The highest BCUT2D eigenvalue weighted by Crippen LogP contribution is 2.38. The molecule has 0 saturated heterocycles. The molecule has 0 spiro atoms. The smallest absolute Gasteiger partial charge is 0.475 e. The fourth-order valence-corrected chi connectivity index (χ4v) is 5.03. The normalized spacial score (nSPS) is 13.0. The molecule has 3 rings (SSSR count). The summed E-state index contributed by atoms with van der Waals surface area (Å²) in [6.45, 7) is 7.47. The maximum Gasteiger partial charge on any atom is 0.475 e. The Morgan fingerprint density at radius 1 is 0.867 bits per heavy atom. The van der Waals surface area contributed by atoms with E-state index in [0.29, 0.717) is 29.4 Å². The molecule has 0 fully saturated rings. The highest BCUT2D eigenvalue weighted by molar-refractivity contribution is 6.43. The van der Waals surface area contributed by atoms with Crippen molar-refractivity contribution in [3.63, 3.8) is 0 Å². The van der Waals surface area contributed by atoms with Crippen LogP contribution in [0.1, 0.15) is 39.7 Å². The second-order valence-electron chi connectivity index (χ2n) is 11.6. The van der Waals surface area contributed by atoms with Gasteiger partial charge in [0.1, 0.15) is 12.1 Å². The summed E-state index contributed by atoms with van der Waals surface area (Å²) in [6, 6.07) is 15.0. The SMILES string of the molecule is COc1cc(C[C@H](Nc2cccc(-c3ccccn3)c2)C(=O)N[C@H](C(=O)N[C@@H](CC(C)C)B(O)O)C(C)C)cc(OC)c1OC. The number of nitrogens with zero attached hydrogens (tertiary/aromatic N) is 1. The van der Waals surface area contributed by atoms with E-state index in [2.05, 4.69) is 20.9 Å². The van der Waals surface area contributed by atoms with Crippen molar-refractivity contribution in [3.05, 3.63) is 66.4 Å². The Balaban J connectivity index is 1.95. The highest BCUT2D eigenvalue weighted by Gasteiger charge is 2.33. The molecule has 0 aliphatic rings. The number of hydrogen-bond donors (Lipinski definition) is 5. The van der Waals surface area contributed by atoms with E-state index in [-0.39, 0.29) is 18.3 Å². The molecule has 0 saturated carbocycles. The molecule has 2 amide bonds. The van der Waals surface area contributed by atoms with Crippen LogP contribution in [-0.2, 0) is 16.0 Å². The molecule has 5 N–H and O–H groups in total. The van der Waals surface area contributed by atoms with Crippen LogP contribution in [0.15, 0.2) is 60.8 Å². The van der Waals surface area contributed by atoms with E-state index < -0.39 is 37.0 Å². The summed E-state index contributed by atoms with van der Waals surface area (Å²) in [5, 5.41) is 28.7. The number of methoxy groups -OCH3 is 3. The lowest BCUT2D eigenvalue weighted by Crippen LogP contribution is -2.57. The van der Waals surface area contributed by atoms with Crippen LogP contribution < -0.4 is 30.2 Å². The molecule has 1 aromatic heterocycles. The van der Waals surface area contributed by atoms with Gasteiger partial charge in [-0.15, -0.1) is 0 Å². The van der Waals surface area contributed by atoms with E-state index >= 15 is 0 Å². The molecule has 1 heterocycles. The number of pyridine rings is 1. The average Bonchev–Trinajstić information content (AvgIpc) is 3.02. The van der Waals surface area contributed by atoms with E-state index in [4.69, 9.17) is 14.2 Å². The standard InChI is InChI=1S/C33H45BN4O7/c1-20(2)15-29(34(41)42)37-33(40)30(21(3)4)38-32(39)26(16-22-17-27(43-5)31(45-7)28(18-22)44-6)36-24-12-10-11-23(19-24)25-13-8-9-14-35-25/h8-14,17-21,26,29-30,36,41-42H,15-16H2,1-7H3,(H,37,40)(H,38,39)/t26-,29-,30-/m0/s1. The predicted octanol–water partition coefficient (Wildman–Crippen LogP) is 3.48. The van der Waals surface area contributed by atoms with Gasteiger partial charge in [0.15, 0.2) is 11.5 Å². The highest BCUT2D eigenvalue weighted by atomic mass is 16.5. The van der Waals surface area contributed by atoms with Crippen LogP contribution in [0.5, 0.6) is 17.2 Å². The molecule has 45 heavy (non-hydrogen) atoms. The van der Waals surface area contributed by atoms with Crippen LogP contribution in [0.4, 0.5) is 5.69 Å². The van der Waals surface area contributed by atoms with Gasteiger partial charge in [-0.2, -0.15) is 0 Å². The zero-order valence-corrected chi connectivity index (χ0v) is 27.0. The zero-order chi connectivity index (χ0) is 33.1. The molecule has 3 atom stereocenters. The topological polar surface area (TPSA) is 151 Å². The fourth-order valence-electron chi connectivity index (χ4n) is 5.03. The Morgan fingerprint density at radius 2 is 1.56 bits per heavy atom. The Morgan fingerprint density at radius 3 is 2.09 bits per heavy atom. The van der Waals surface area contributed by atoms with Gasteiger partial charge in [0.2, 0.25) is 17.6 Å². The molecule has 3 aromatic rings. The van der Waals surface area contributed by atoms with Crippen molar-refractivity contribution in [1.29, 1.82) is 0 Å². The molecule has 0 aliphatic heterocycles. The van der Waals surface area contributed by atoms with Crippen molar-refractivity contribution in [2.45, 2.75) is 58.6 Å². The molecular formula is C33H45BN4O7. The Bertz CT molecular complexity index is 1380. The molecule has 2 aromatic carbocycles. The molecule has 242 valence electrons. The lowest BCUT2D eigenvalue weighted by atomic mass is 9.75. The van der Waals surface area contributed by atoms with Gasteiger partial charge in [0, 0.05) is 23.9 Å². The minimum absolute atomic E-state index is 0.109. The predicted molar refractivity (Wildman–Crippen MR) is 175 cm³/mol. The third kappa shape index (κ3) is 9.85. The van der Waals surface area contributed by atoms with Crippen molar-refractivity contribution >= 4 is 24.6 Å². The summed E-state index contributed by atoms with van der Waals surface area (Å²) in [5.74, 6) is -0.663. The summed E-state index contributed by atoms with van der Waals surface area (Å²) in [5.41, 5.74) is 3.05. The van der Waals surface area contributed by atoms with Gasteiger partial charge in [-0.1, -0.05) is 45.9 Å². The van der Waals surface area contributed by atoms with Gasteiger partial charge >= 0.3 is 7.12 Å².